The van der Waals surface area contributed by atoms with Crippen molar-refractivity contribution in [2.24, 2.45) is 5.73 Å². The summed E-state index contributed by atoms with van der Waals surface area (Å²) in [7, 11) is 0. The highest BCUT2D eigenvalue weighted by Crippen LogP contribution is 2.10. The van der Waals surface area contributed by atoms with Crippen LogP contribution < -0.4 is 11.1 Å². The molecule has 0 aliphatic heterocycles. The topological polar surface area (TPSA) is 81.2 Å². The van der Waals surface area contributed by atoms with Crippen LogP contribution in [-0.2, 0) is 6.54 Å². The maximum atomic E-state index is 11.7. The Kier molecular flexibility index (Phi) is 2.98. The molecular weight excluding hydrogens is 206 g/mol. The van der Waals surface area contributed by atoms with E-state index in [4.69, 9.17) is 10.2 Å². The number of nitrogens with one attached hydrogen (secondary N) is 1. The summed E-state index contributed by atoms with van der Waals surface area (Å²) in [5.74, 6) is 0.508. The monoisotopic (exact) mass is 217 g/mol. The number of hydrogen-bond acceptors (Lipinski definition) is 4. The number of rotatable bonds is 3. The molecule has 2 aromatic rings. The Bertz CT molecular complexity index is 479. The Balaban J connectivity index is 2.09. The second-order valence-electron chi connectivity index (χ2n) is 3.17. The van der Waals surface area contributed by atoms with Gasteiger partial charge in [-0.1, -0.05) is 0 Å². The number of carbonyl (C=O) groups is 1. The van der Waals surface area contributed by atoms with Gasteiger partial charge in [0.2, 0.25) is 0 Å². The van der Waals surface area contributed by atoms with Crippen molar-refractivity contribution in [1.29, 1.82) is 0 Å². The van der Waals surface area contributed by atoms with Gasteiger partial charge in [0.25, 0.3) is 5.91 Å². The van der Waals surface area contributed by atoms with E-state index in [1.54, 1.807) is 36.7 Å². The van der Waals surface area contributed by atoms with E-state index in [0.717, 1.165) is 0 Å². The summed E-state index contributed by atoms with van der Waals surface area (Å²) in [5, 5.41) is 2.66. The largest absolute Gasteiger partial charge is 0.455 e. The van der Waals surface area contributed by atoms with E-state index in [2.05, 4.69) is 10.3 Å². The van der Waals surface area contributed by atoms with Gasteiger partial charge in [0.1, 0.15) is 5.76 Å². The van der Waals surface area contributed by atoms with Crippen LogP contribution in [0.25, 0.3) is 0 Å². The first-order valence-electron chi connectivity index (χ1n) is 4.80. The van der Waals surface area contributed by atoms with E-state index in [1.807, 2.05) is 0 Å². The first kappa shape index (κ1) is 10.4. The summed E-state index contributed by atoms with van der Waals surface area (Å²) in [4.78, 5) is 15.6. The summed E-state index contributed by atoms with van der Waals surface area (Å²) in [6.45, 7) is 0.278. The quantitative estimate of drug-likeness (QED) is 0.813. The van der Waals surface area contributed by atoms with Crippen LogP contribution in [0.3, 0.4) is 0 Å². The van der Waals surface area contributed by atoms with Gasteiger partial charge in [-0.3, -0.25) is 9.78 Å². The predicted octanol–water partition coefficient (Wildman–Crippen LogP) is 1.39. The zero-order valence-electron chi connectivity index (χ0n) is 8.51. The van der Waals surface area contributed by atoms with Gasteiger partial charge in [-0.05, 0) is 24.3 Å². The molecular formula is C11H11N3O2. The molecule has 2 aromatic heterocycles. The molecule has 5 nitrogen and oxygen atoms in total. The molecule has 0 aliphatic carbocycles. The minimum Gasteiger partial charge on any atom is -0.455 e. The molecule has 0 spiro atoms. The first-order valence-corrected chi connectivity index (χ1v) is 4.80. The van der Waals surface area contributed by atoms with Crippen molar-refractivity contribution in [3.8, 4) is 0 Å². The highest BCUT2D eigenvalue weighted by molar-refractivity contribution is 6.02. The second-order valence-corrected chi connectivity index (χ2v) is 3.17. The van der Waals surface area contributed by atoms with Crippen molar-refractivity contribution in [3.63, 3.8) is 0 Å². The molecule has 2 rings (SSSR count). The standard InChI is InChI=1S/C11H11N3O2/c12-6-9-3-4-10(16-9)11(15)14-8-2-1-5-13-7-8/h1-5,7H,6,12H2,(H,14,15). The number of amides is 1. The maximum absolute atomic E-state index is 11.7. The number of hydrogen-bond donors (Lipinski definition) is 2. The van der Waals surface area contributed by atoms with Crippen molar-refractivity contribution in [2.45, 2.75) is 6.54 Å². The van der Waals surface area contributed by atoms with Crippen LogP contribution in [0, 0.1) is 0 Å². The Morgan fingerprint density at radius 3 is 2.94 bits per heavy atom. The molecule has 3 N–H and O–H groups in total. The van der Waals surface area contributed by atoms with Gasteiger partial charge in [0.05, 0.1) is 18.4 Å². The van der Waals surface area contributed by atoms with Gasteiger partial charge in [-0.15, -0.1) is 0 Å². The highest BCUT2D eigenvalue weighted by atomic mass is 16.4. The number of furan rings is 1. The minimum absolute atomic E-state index is 0.240. The predicted molar refractivity (Wildman–Crippen MR) is 58.8 cm³/mol. The van der Waals surface area contributed by atoms with Crippen molar-refractivity contribution >= 4 is 11.6 Å². The second kappa shape index (κ2) is 4.59. The fourth-order valence-corrected chi connectivity index (χ4v) is 1.24. The van der Waals surface area contributed by atoms with Crippen LogP contribution in [0.15, 0.2) is 41.1 Å². The van der Waals surface area contributed by atoms with Crippen LogP contribution in [-0.4, -0.2) is 10.9 Å². The SMILES string of the molecule is NCc1ccc(C(=O)Nc2cccnc2)o1. The zero-order valence-corrected chi connectivity index (χ0v) is 8.51. The number of pyridine rings is 1. The molecule has 5 heteroatoms. The lowest BCUT2D eigenvalue weighted by Gasteiger charge is -2.01. The lowest BCUT2D eigenvalue weighted by atomic mass is 10.3. The van der Waals surface area contributed by atoms with Gasteiger partial charge < -0.3 is 15.5 Å². The summed E-state index contributed by atoms with van der Waals surface area (Å²) in [5.41, 5.74) is 6.00. The van der Waals surface area contributed by atoms with E-state index in [9.17, 15) is 4.79 Å². The third-order valence-electron chi connectivity index (χ3n) is 2.01. The highest BCUT2D eigenvalue weighted by Gasteiger charge is 2.10. The fraction of sp³-hybridized carbons (Fsp3) is 0.0909. The number of nitrogens with two attached hydrogens (primary N) is 1. The van der Waals surface area contributed by atoms with Crippen LogP contribution >= 0.6 is 0 Å². The summed E-state index contributed by atoms with van der Waals surface area (Å²) in [6.07, 6.45) is 3.19. The number of aromatic nitrogens is 1. The van der Waals surface area contributed by atoms with Crippen molar-refractivity contribution in [2.75, 3.05) is 5.32 Å². The molecule has 0 atom stereocenters. The van der Waals surface area contributed by atoms with Crippen LogP contribution in [0.4, 0.5) is 5.69 Å². The van der Waals surface area contributed by atoms with Crippen molar-refractivity contribution in [1.82, 2.24) is 4.98 Å². The third-order valence-corrected chi connectivity index (χ3v) is 2.01. The van der Waals surface area contributed by atoms with Gasteiger partial charge in [0, 0.05) is 6.20 Å². The molecule has 0 radical (unpaired) electrons. The van der Waals surface area contributed by atoms with Gasteiger partial charge in [0.15, 0.2) is 5.76 Å². The van der Waals surface area contributed by atoms with Crippen molar-refractivity contribution in [3.05, 3.63) is 48.2 Å². The Morgan fingerprint density at radius 2 is 2.31 bits per heavy atom. The van der Waals surface area contributed by atoms with E-state index < -0.39 is 0 Å². The normalized spacial score (nSPS) is 10.1. The fourth-order valence-electron chi connectivity index (χ4n) is 1.24. The van der Waals surface area contributed by atoms with Crippen molar-refractivity contribution < 1.29 is 9.21 Å². The lowest BCUT2D eigenvalue weighted by Crippen LogP contribution is -2.10. The van der Waals surface area contributed by atoms with Gasteiger partial charge in [-0.25, -0.2) is 0 Å². The summed E-state index contributed by atoms with van der Waals surface area (Å²) < 4.78 is 5.21. The zero-order chi connectivity index (χ0) is 11.4. The molecule has 82 valence electrons. The molecule has 0 fully saturated rings. The van der Waals surface area contributed by atoms with E-state index in [0.29, 0.717) is 11.4 Å². The molecule has 16 heavy (non-hydrogen) atoms. The third kappa shape index (κ3) is 2.26. The van der Waals surface area contributed by atoms with Crippen LogP contribution in [0.2, 0.25) is 0 Å². The molecule has 0 aromatic carbocycles. The number of carbonyl (C=O) groups excluding carboxylic acids is 1. The average Bonchev–Trinajstić information content (AvgIpc) is 2.79. The van der Waals surface area contributed by atoms with Crippen LogP contribution in [0.5, 0.6) is 0 Å². The summed E-state index contributed by atoms with van der Waals surface area (Å²) in [6, 6.07) is 6.76. The van der Waals surface area contributed by atoms with E-state index >= 15 is 0 Å². The van der Waals surface area contributed by atoms with Gasteiger partial charge >= 0.3 is 0 Å². The molecule has 1 amide bonds. The molecule has 0 bridgehead atoms. The lowest BCUT2D eigenvalue weighted by molar-refractivity contribution is 0.0995. The molecule has 0 saturated heterocycles. The Morgan fingerprint density at radius 1 is 1.44 bits per heavy atom. The molecule has 0 saturated carbocycles. The number of anilines is 1. The van der Waals surface area contributed by atoms with E-state index in [-0.39, 0.29) is 18.2 Å². The Labute approximate surface area is 92.3 Å². The minimum atomic E-state index is -0.312. The smallest absolute Gasteiger partial charge is 0.291 e. The average molecular weight is 217 g/mol. The van der Waals surface area contributed by atoms with E-state index in [1.165, 1.54) is 0 Å². The maximum Gasteiger partial charge on any atom is 0.291 e. The molecule has 0 aliphatic rings. The van der Waals surface area contributed by atoms with Crippen LogP contribution in [0.1, 0.15) is 16.3 Å². The molecule has 2 heterocycles. The molecule has 0 unspecified atom stereocenters. The van der Waals surface area contributed by atoms with Gasteiger partial charge in [-0.2, -0.15) is 0 Å². The summed E-state index contributed by atoms with van der Waals surface area (Å²) >= 11 is 0. The number of nitrogens with zero attached hydrogens (tertiary/aromatic N) is 1. The first-order chi connectivity index (χ1) is 7.79. The Hall–Kier alpha value is -2.14.